The normalized spacial score (nSPS) is 12.6. The van der Waals surface area contributed by atoms with Crippen LogP contribution in [0.1, 0.15) is 6.42 Å². The summed E-state index contributed by atoms with van der Waals surface area (Å²) in [4.78, 5) is 15.0. The summed E-state index contributed by atoms with van der Waals surface area (Å²) < 4.78 is 0. The molecule has 2 rings (SSSR count). The number of amides is 1. The van der Waals surface area contributed by atoms with Crippen LogP contribution in [0.5, 0.6) is 0 Å². The minimum atomic E-state index is -0.453. The van der Waals surface area contributed by atoms with Crippen molar-refractivity contribution in [2.24, 2.45) is 5.73 Å². The second kappa shape index (κ2) is 5.93. The smallest absolute Gasteiger partial charge is 0.241 e. The molecule has 0 aliphatic heterocycles. The largest absolute Gasteiger partial charge is 0.359 e. The highest BCUT2D eigenvalue weighted by atomic mass is 32.2. The number of carbonyl (C=O) groups excluding carboxylic acids is 1. The Kier molecular flexibility index (Phi) is 4.28. The first kappa shape index (κ1) is 13.0. The van der Waals surface area contributed by atoms with E-state index in [4.69, 9.17) is 5.73 Å². The highest BCUT2D eigenvalue weighted by molar-refractivity contribution is 7.98. The monoisotopic (exact) mass is 263 g/mol. The molecule has 1 atom stereocenters. The third-order valence-electron chi connectivity index (χ3n) is 2.82. The van der Waals surface area contributed by atoms with Crippen LogP contribution in [0.2, 0.25) is 0 Å². The van der Waals surface area contributed by atoms with Gasteiger partial charge in [0.25, 0.3) is 0 Å². The minimum absolute atomic E-state index is 0.131. The zero-order valence-electron chi connectivity index (χ0n) is 10.3. The predicted octanol–water partition coefficient (Wildman–Crippen LogP) is 2.19. The van der Waals surface area contributed by atoms with Crippen LogP contribution >= 0.6 is 11.8 Å². The molecule has 0 fully saturated rings. The van der Waals surface area contributed by atoms with Crippen molar-refractivity contribution in [2.75, 3.05) is 17.3 Å². The number of benzene rings is 1. The molecule has 2 aromatic rings. The number of H-pyrrole nitrogens is 1. The first-order valence-electron chi connectivity index (χ1n) is 5.84. The van der Waals surface area contributed by atoms with Gasteiger partial charge < -0.3 is 16.0 Å². The van der Waals surface area contributed by atoms with E-state index in [0.717, 1.165) is 22.3 Å². The van der Waals surface area contributed by atoms with Gasteiger partial charge in [-0.2, -0.15) is 11.8 Å². The maximum absolute atomic E-state index is 11.9. The predicted molar refractivity (Wildman–Crippen MR) is 77.9 cm³/mol. The lowest BCUT2D eigenvalue weighted by atomic mass is 10.2. The van der Waals surface area contributed by atoms with Gasteiger partial charge in [0.1, 0.15) is 0 Å². The Morgan fingerprint density at radius 2 is 2.28 bits per heavy atom. The molecule has 4 nitrogen and oxygen atoms in total. The molecule has 96 valence electrons. The molecule has 0 aliphatic carbocycles. The van der Waals surface area contributed by atoms with Gasteiger partial charge in [-0.3, -0.25) is 4.79 Å². The molecule has 0 spiro atoms. The lowest BCUT2D eigenvalue weighted by molar-refractivity contribution is -0.117. The second-order valence-electron chi connectivity index (χ2n) is 4.13. The molecule has 1 heterocycles. The number of aromatic nitrogens is 1. The van der Waals surface area contributed by atoms with Crippen molar-refractivity contribution in [3.8, 4) is 0 Å². The highest BCUT2D eigenvalue weighted by Gasteiger charge is 2.14. The molecule has 0 saturated carbocycles. The topological polar surface area (TPSA) is 70.9 Å². The van der Waals surface area contributed by atoms with E-state index in [9.17, 15) is 4.79 Å². The number of carbonyl (C=O) groups is 1. The highest BCUT2D eigenvalue weighted by Crippen LogP contribution is 2.22. The van der Waals surface area contributed by atoms with Crippen molar-refractivity contribution >= 4 is 34.3 Å². The number of nitrogens with one attached hydrogen (secondary N) is 2. The lowest BCUT2D eigenvalue weighted by Gasteiger charge is -2.10. The fourth-order valence-corrected chi connectivity index (χ4v) is 2.27. The fourth-order valence-electron chi connectivity index (χ4n) is 1.78. The molecular formula is C13H17N3OS. The Morgan fingerprint density at radius 3 is 3.06 bits per heavy atom. The molecule has 18 heavy (non-hydrogen) atoms. The summed E-state index contributed by atoms with van der Waals surface area (Å²) in [7, 11) is 0. The van der Waals surface area contributed by atoms with Gasteiger partial charge >= 0.3 is 0 Å². The van der Waals surface area contributed by atoms with Crippen molar-refractivity contribution in [3.05, 3.63) is 30.5 Å². The summed E-state index contributed by atoms with van der Waals surface area (Å²) >= 11 is 1.69. The van der Waals surface area contributed by atoms with Gasteiger partial charge in [0, 0.05) is 17.1 Å². The molecular weight excluding hydrogens is 246 g/mol. The van der Waals surface area contributed by atoms with Crippen LogP contribution in [-0.4, -0.2) is 28.9 Å². The van der Waals surface area contributed by atoms with Crippen LogP contribution in [0, 0.1) is 0 Å². The molecule has 5 heteroatoms. The number of fused-ring (bicyclic) bond motifs is 1. The Morgan fingerprint density at radius 1 is 1.50 bits per heavy atom. The average Bonchev–Trinajstić information content (AvgIpc) is 2.79. The Bertz CT molecular complexity index is 538. The van der Waals surface area contributed by atoms with Crippen molar-refractivity contribution in [3.63, 3.8) is 0 Å². The summed E-state index contributed by atoms with van der Waals surface area (Å²) in [6.45, 7) is 0. The standard InChI is InChI=1S/C13H17N3OS/c1-18-7-6-10(14)13(17)16-12-8-15-11-5-3-2-4-9(11)12/h2-5,8,10,15H,6-7,14H2,1H3,(H,16,17)/t10-/m1/s1. The van der Waals surface area contributed by atoms with E-state index in [1.165, 1.54) is 0 Å². The van der Waals surface area contributed by atoms with E-state index in [1.54, 1.807) is 18.0 Å². The Hall–Kier alpha value is -1.46. The van der Waals surface area contributed by atoms with Gasteiger partial charge in [-0.1, -0.05) is 18.2 Å². The van der Waals surface area contributed by atoms with E-state index < -0.39 is 6.04 Å². The van der Waals surface area contributed by atoms with Crippen LogP contribution in [-0.2, 0) is 4.79 Å². The number of anilines is 1. The molecule has 1 aromatic heterocycles. The minimum Gasteiger partial charge on any atom is -0.359 e. The van der Waals surface area contributed by atoms with Gasteiger partial charge in [-0.25, -0.2) is 0 Å². The first-order chi connectivity index (χ1) is 8.72. The van der Waals surface area contributed by atoms with Crippen LogP contribution in [0.15, 0.2) is 30.5 Å². The third kappa shape index (κ3) is 2.86. The van der Waals surface area contributed by atoms with Crippen molar-refractivity contribution < 1.29 is 4.79 Å². The number of para-hydroxylation sites is 1. The number of hydrogen-bond acceptors (Lipinski definition) is 3. The van der Waals surface area contributed by atoms with Gasteiger partial charge in [-0.15, -0.1) is 0 Å². The molecule has 1 aromatic carbocycles. The number of hydrogen-bond donors (Lipinski definition) is 3. The molecule has 0 saturated heterocycles. The zero-order chi connectivity index (χ0) is 13.0. The van der Waals surface area contributed by atoms with E-state index >= 15 is 0 Å². The molecule has 0 unspecified atom stereocenters. The third-order valence-corrected chi connectivity index (χ3v) is 3.46. The quantitative estimate of drug-likeness (QED) is 0.774. The summed E-state index contributed by atoms with van der Waals surface area (Å²) in [5.74, 6) is 0.761. The van der Waals surface area contributed by atoms with E-state index in [1.807, 2.05) is 30.5 Å². The molecule has 1 amide bonds. The van der Waals surface area contributed by atoms with Gasteiger partial charge in [0.15, 0.2) is 0 Å². The Balaban J connectivity index is 2.07. The number of thioether (sulfide) groups is 1. The first-order valence-corrected chi connectivity index (χ1v) is 7.23. The number of aromatic amines is 1. The summed E-state index contributed by atoms with van der Waals surface area (Å²) in [5.41, 5.74) is 7.62. The van der Waals surface area contributed by atoms with Gasteiger partial charge in [-0.05, 0) is 24.5 Å². The van der Waals surface area contributed by atoms with Gasteiger partial charge in [0.05, 0.1) is 11.7 Å². The van der Waals surface area contributed by atoms with Crippen LogP contribution < -0.4 is 11.1 Å². The van der Waals surface area contributed by atoms with Crippen molar-refractivity contribution in [2.45, 2.75) is 12.5 Å². The maximum atomic E-state index is 11.9. The Labute approximate surface area is 110 Å². The second-order valence-corrected chi connectivity index (χ2v) is 5.11. The van der Waals surface area contributed by atoms with Crippen molar-refractivity contribution in [1.29, 1.82) is 0 Å². The molecule has 0 aliphatic rings. The zero-order valence-corrected chi connectivity index (χ0v) is 11.1. The van der Waals surface area contributed by atoms with Crippen LogP contribution in [0.3, 0.4) is 0 Å². The van der Waals surface area contributed by atoms with Crippen LogP contribution in [0.25, 0.3) is 10.9 Å². The van der Waals surface area contributed by atoms with Crippen LogP contribution in [0.4, 0.5) is 5.69 Å². The number of nitrogens with two attached hydrogens (primary N) is 1. The van der Waals surface area contributed by atoms with Crippen molar-refractivity contribution in [1.82, 2.24) is 4.98 Å². The summed E-state index contributed by atoms with van der Waals surface area (Å²) in [5, 5.41) is 3.87. The fraction of sp³-hybridized carbons (Fsp3) is 0.308. The van der Waals surface area contributed by atoms with E-state index in [-0.39, 0.29) is 5.91 Å². The SMILES string of the molecule is CSCC[C@@H](N)C(=O)Nc1c[nH]c2ccccc12. The lowest BCUT2D eigenvalue weighted by Crippen LogP contribution is -2.36. The molecule has 4 N–H and O–H groups in total. The van der Waals surface area contributed by atoms with E-state index in [2.05, 4.69) is 10.3 Å². The number of rotatable bonds is 5. The maximum Gasteiger partial charge on any atom is 0.241 e. The molecule has 0 bridgehead atoms. The average molecular weight is 263 g/mol. The van der Waals surface area contributed by atoms with Gasteiger partial charge in [0.2, 0.25) is 5.91 Å². The van der Waals surface area contributed by atoms with E-state index in [0.29, 0.717) is 6.42 Å². The summed E-state index contributed by atoms with van der Waals surface area (Å²) in [6, 6.07) is 7.38. The molecule has 0 radical (unpaired) electrons. The summed E-state index contributed by atoms with van der Waals surface area (Å²) in [6.07, 6.45) is 4.49.